The minimum Gasteiger partial charge on any atom is -0.481 e. The first-order valence-electron chi connectivity index (χ1n) is 5.98. The third-order valence-electron chi connectivity index (χ3n) is 2.75. The van der Waals surface area contributed by atoms with Crippen LogP contribution in [0.1, 0.15) is 30.1 Å². The smallest absolute Gasteiger partial charge is 0.306 e. The molecule has 110 valence electrons. The van der Waals surface area contributed by atoms with Crippen LogP contribution in [0.15, 0.2) is 12.1 Å². The van der Waals surface area contributed by atoms with Crippen LogP contribution >= 0.6 is 0 Å². The highest BCUT2D eigenvalue weighted by Crippen LogP contribution is 2.14. The van der Waals surface area contributed by atoms with Gasteiger partial charge in [-0.1, -0.05) is 6.92 Å². The summed E-state index contributed by atoms with van der Waals surface area (Å²) in [7, 11) is 0. The van der Waals surface area contributed by atoms with Gasteiger partial charge in [-0.25, -0.2) is 13.2 Å². The normalized spacial score (nSPS) is 12.0. The van der Waals surface area contributed by atoms with Gasteiger partial charge in [-0.05, 0) is 12.8 Å². The largest absolute Gasteiger partial charge is 0.481 e. The number of rotatable bonds is 6. The maximum Gasteiger partial charge on any atom is 0.306 e. The SMILES string of the molecule is CC(CCCNC(=O)c1c(F)cc(F)cc1F)C(=O)O. The molecule has 0 aliphatic rings. The second-order valence-corrected chi connectivity index (χ2v) is 4.38. The van der Waals surface area contributed by atoms with Gasteiger partial charge in [-0.15, -0.1) is 0 Å². The van der Waals surface area contributed by atoms with Crippen LogP contribution in [0.3, 0.4) is 0 Å². The fourth-order valence-corrected chi connectivity index (χ4v) is 1.58. The first-order chi connectivity index (χ1) is 9.32. The number of carboxylic acid groups (broad SMARTS) is 1. The number of carbonyl (C=O) groups excluding carboxylic acids is 1. The lowest BCUT2D eigenvalue weighted by molar-refractivity contribution is -0.141. The van der Waals surface area contributed by atoms with Gasteiger partial charge in [0.1, 0.15) is 23.0 Å². The Morgan fingerprint density at radius 2 is 1.80 bits per heavy atom. The third kappa shape index (κ3) is 4.25. The molecule has 4 nitrogen and oxygen atoms in total. The van der Waals surface area contributed by atoms with Gasteiger partial charge in [0, 0.05) is 18.7 Å². The van der Waals surface area contributed by atoms with Crippen LogP contribution in [-0.2, 0) is 4.79 Å². The molecule has 1 aromatic rings. The Bertz CT molecular complexity index is 497. The van der Waals surface area contributed by atoms with Gasteiger partial charge in [-0.3, -0.25) is 9.59 Å². The van der Waals surface area contributed by atoms with Crippen LogP contribution < -0.4 is 5.32 Å². The van der Waals surface area contributed by atoms with Gasteiger partial charge in [0.15, 0.2) is 0 Å². The second kappa shape index (κ2) is 6.93. The van der Waals surface area contributed by atoms with Gasteiger partial charge in [-0.2, -0.15) is 0 Å². The Hall–Kier alpha value is -2.05. The van der Waals surface area contributed by atoms with Crippen molar-refractivity contribution in [2.45, 2.75) is 19.8 Å². The molecule has 0 saturated carbocycles. The topological polar surface area (TPSA) is 66.4 Å². The highest BCUT2D eigenvalue weighted by Gasteiger charge is 2.18. The van der Waals surface area contributed by atoms with Crippen molar-refractivity contribution >= 4 is 11.9 Å². The molecule has 2 N–H and O–H groups in total. The second-order valence-electron chi connectivity index (χ2n) is 4.38. The molecule has 1 aromatic carbocycles. The minimum absolute atomic E-state index is 0.0761. The molecule has 20 heavy (non-hydrogen) atoms. The standard InChI is InChI=1S/C13H14F3NO3/c1-7(13(19)20)3-2-4-17-12(18)11-9(15)5-8(14)6-10(11)16/h5-7H,2-4H2,1H3,(H,17,18)(H,19,20). The van der Waals surface area contributed by atoms with E-state index >= 15 is 0 Å². The molecule has 1 unspecified atom stereocenters. The molecule has 1 atom stereocenters. The molecule has 0 bridgehead atoms. The number of hydrogen-bond acceptors (Lipinski definition) is 2. The van der Waals surface area contributed by atoms with Crippen LogP contribution in [0.5, 0.6) is 0 Å². The number of carbonyl (C=O) groups is 2. The van der Waals surface area contributed by atoms with E-state index in [4.69, 9.17) is 5.11 Å². The summed E-state index contributed by atoms with van der Waals surface area (Å²) in [5.41, 5.74) is -0.849. The van der Waals surface area contributed by atoms with E-state index in [2.05, 4.69) is 5.32 Å². The van der Waals surface area contributed by atoms with Crippen molar-refractivity contribution in [2.24, 2.45) is 5.92 Å². The van der Waals surface area contributed by atoms with Gasteiger partial charge in [0.05, 0.1) is 5.92 Å². The zero-order valence-electron chi connectivity index (χ0n) is 10.8. The van der Waals surface area contributed by atoms with Gasteiger partial charge in [0.2, 0.25) is 0 Å². The molecule has 0 saturated heterocycles. The predicted molar refractivity (Wildman–Crippen MR) is 64.7 cm³/mol. The molecule has 0 aliphatic heterocycles. The van der Waals surface area contributed by atoms with Gasteiger partial charge in [0.25, 0.3) is 5.91 Å². The summed E-state index contributed by atoms with van der Waals surface area (Å²) in [6.07, 6.45) is 0.674. The molecule has 0 radical (unpaired) electrons. The molecule has 1 amide bonds. The van der Waals surface area contributed by atoms with E-state index < -0.39 is 40.8 Å². The van der Waals surface area contributed by atoms with Gasteiger partial charge < -0.3 is 10.4 Å². The van der Waals surface area contributed by atoms with Crippen molar-refractivity contribution in [2.75, 3.05) is 6.54 Å². The van der Waals surface area contributed by atoms with Crippen LogP contribution in [-0.4, -0.2) is 23.5 Å². The van der Waals surface area contributed by atoms with Crippen LogP contribution in [0.4, 0.5) is 13.2 Å². The lowest BCUT2D eigenvalue weighted by atomic mass is 10.1. The molecule has 1 rings (SSSR count). The van der Waals surface area contributed by atoms with E-state index in [1.54, 1.807) is 0 Å². The Balaban J connectivity index is 2.54. The molecule has 0 heterocycles. The number of carboxylic acids is 1. The van der Waals surface area contributed by atoms with Crippen LogP contribution in [0.2, 0.25) is 0 Å². The summed E-state index contributed by atoms with van der Waals surface area (Å²) in [6, 6.07) is 0.842. The summed E-state index contributed by atoms with van der Waals surface area (Å²) in [5.74, 6) is -6.18. The molecular weight excluding hydrogens is 275 g/mol. The average Bonchev–Trinajstić information content (AvgIpc) is 2.32. The minimum atomic E-state index is -1.28. The monoisotopic (exact) mass is 289 g/mol. The Labute approximate surface area is 113 Å². The number of aliphatic carboxylic acids is 1. The Morgan fingerprint density at radius 1 is 1.25 bits per heavy atom. The molecule has 0 aliphatic carbocycles. The summed E-state index contributed by atoms with van der Waals surface area (Å²) in [4.78, 5) is 22.1. The summed E-state index contributed by atoms with van der Waals surface area (Å²) in [5, 5.41) is 10.9. The number of amides is 1. The van der Waals surface area contributed by atoms with Crippen molar-refractivity contribution in [3.63, 3.8) is 0 Å². The zero-order valence-corrected chi connectivity index (χ0v) is 10.8. The third-order valence-corrected chi connectivity index (χ3v) is 2.75. The fraction of sp³-hybridized carbons (Fsp3) is 0.385. The molecule has 0 aromatic heterocycles. The number of hydrogen-bond donors (Lipinski definition) is 2. The van der Waals surface area contributed by atoms with E-state index in [1.807, 2.05) is 0 Å². The molecule has 7 heteroatoms. The van der Waals surface area contributed by atoms with Crippen LogP contribution in [0.25, 0.3) is 0 Å². The quantitative estimate of drug-likeness (QED) is 0.790. The van der Waals surface area contributed by atoms with E-state index in [0.29, 0.717) is 25.0 Å². The number of halogens is 3. The maximum atomic E-state index is 13.3. The van der Waals surface area contributed by atoms with E-state index in [0.717, 1.165) is 0 Å². The van der Waals surface area contributed by atoms with E-state index in [9.17, 15) is 22.8 Å². The highest BCUT2D eigenvalue weighted by atomic mass is 19.1. The predicted octanol–water partition coefficient (Wildman–Crippen LogP) is 2.33. The van der Waals surface area contributed by atoms with Crippen molar-refractivity contribution < 1.29 is 27.9 Å². The van der Waals surface area contributed by atoms with Crippen molar-refractivity contribution in [3.05, 3.63) is 35.1 Å². The lowest BCUT2D eigenvalue weighted by Crippen LogP contribution is -2.27. The average molecular weight is 289 g/mol. The Morgan fingerprint density at radius 3 is 2.30 bits per heavy atom. The summed E-state index contributed by atoms with van der Waals surface area (Å²) >= 11 is 0. The first-order valence-corrected chi connectivity index (χ1v) is 5.98. The van der Waals surface area contributed by atoms with Gasteiger partial charge >= 0.3 is 5.97 Å². The number of benzene rings is 1. The summed E-state index contributed by atoms with van der Waals surface area (Å²) < 4.78 is 39.2. The fourth-order valence-electron chi connectivity index (χ4n) is 1.58. The van der Waals surface area contributed by atoms with E-state index in [1.165, 1.54) is 6.92 Å². The van der Waals surface area contributed by atoms with Crippen molar-refractivity contribution in [1.82, 2.24) is 5.32 Å². The number of nitrogens with one attached hydrogen (secondary N) is 1. The van der Waals surface area contributed by atoms with Crippen molar-refractivity contribution in [3.8, 4) is 0 Å². The van der Waals surface area contributed by atoms with Crippen molar-refractivity contribution in [1.29, 1.82) is 0 Å². The van der Waals surface area contributed by atoms with E-state index in [-0.39, 0.29) is 6.54 Å². The summed E-state index contributed by atoms with van der Waals surface area (Å²) in [6.45, 7) is 1.59. The maximum absolute atomic E-state index is 13.3. The van der Waals surface area contributed by atoms with Crippen LogP contribution in [0, 0.1) is 23.4 Å². The Kier molecular flexibility index (Phi) is 5.54. The zero-order chi connectivity index (χ0) is 15.3. The first kappa shape index (κ1) is 16.0. The lowest BCUT2D eigenvalue weighted by Gasteiger charge is -2.08. The highest BCUT2D eigenvalue weighted by molar-refractivity contribution is 5.94. The molecule has 0 fully saturated rings. The molecule has 0 spiro atoms. The molecular formula is C13H14F3NO3.